The molecule has 2 aliphatic rings. The summed E-state index contributed by atoms with van der Waals surface area (Å²) < 4.78 is 35.2. The van der Waals surface area contributed by atoms with Crippen molar-refractivity contribution in [1.29, 1.82) is 0 Å². The third kappa shape index (κ3) is 3.02. The van der Waals surface area contributed by atoms with Crippen molar-refractivity contribution in [3.63, 3.8) is 0 Å². The van der Waals surface area contributed by atoms with Crippen LogP contribution in [0.5, 0.6) is 11.5 Å². The Kier molecular flexibility index (Phi) is 3.96. The molecule has 22 heavy (non-hydrogen) atoms. The smallest absolute Gasteiger partial charge is 0.251 e. The van der Waals surface area contributed by atoms with Crippen LogP contribution in [0, 0.1) is 0 Å². The zero-order valence-electron chi connectivity index (χ0n) is 12.2. The number of carbonyl (C=O) groups excluding carboxylic acids is 1. The molecule has 1 N–H and O–H groups in total. The van der Waals surface area contributed by atoms with Gasteiger partial charge in [-0.15, -0.1) is 0 Å². The monoisotopic (exact) mass is 326 g/mol. The van der Waals surface area contributed by atoms with E-state index < -0.39 is 10.0 Å². The van der Waals surface area contributed by atoms with Crippen LogP contribution in [0.1, 0.15) is 23.2 Å². The topological polar surface area (TPSA) is 84.9 Å². The summed E-state index contributed by atoms with van der Waals surface area (Å²) in [6.45, 7) is 0.982. The Morgan fingerprint density at radius 1 is 1.36 bits per heavy atom. The number of hydrogen-bond donors (Lipinski definition) is 1. The van der Waals surface area contributed by atoms with Gasteiger partial charge in [0.2, 0.25) is 16.8 Å². The highest BCUT2D eigenvalue weighted by Gasteiger charge is 2.31. The second-order valence-electron chi connectivity index (χ2n) is 5.45. The fourth-order valence-corrected chi connectivity index (χ4v) is 3.98. The quantitative estimate of drug-likeness (QED) is 0.874. The van der Waals surface area contributed by atoms with Crippen molar-refractivity contribution < 1.29 is 22.7 Å². The molecule has 0 saturated carbocycles. The Hall–Kier alpha value is -1.80. The number of hydrogen-bond acceptors (Lipinski definition) is 5. The first-order chi connectivity index (χ1) is 10.4. The molecule has 0 aromatic heterocycles. The van der Waals surface area contributed by atoms with Crippen molar-refractivity contribution >= 4 is 15.9 Å². The molecular weight excluding hydrogens is 308 g/mol. The average Bonchev–Trinajstić information content (AvgIpc) is 3.11. The Balaban J connectivity index is 1.63. The lowest BCUT2D eigenvalue weighted by Crippen LogP contribution is -2.42. The van der Waals surface area contributed by atoms with Crippen LogP contribution in [-0.2, 0) is 10.0 Å². The number of rotatable bonds is 4. The van der Waals surface area contributed by atoms with Crippen LogP contribution in [-0.4, -0.2) is 50.8 Å². The van der Waals surface area contributed by atoms with E-state index in [-0.39, 0.29) is 18.7 Å². The Morgan fingerprint density at radius 2 is 2.14 bits per heavy atom. The van der Waals surface area contributed by atoms with Gasteiger partial charge >= 0.3 is 0 Å². The molecule has 1 aromatic carbocycles. The normalized spacial score (nSPS) is 21.0. The highest BCUT2D eigenvalue weighted by molar-refractivity contribution is 7.88. The van der Waals surface area contributed by atoms with Crippen LogP contribution >= 0.6 is 0 Å². The van der Waals surface area contributed by atoms with Gasteiger partial charge < -0.3 is 14.8 Å². The average molecular weight is 326 g/mol. The molecule has 8 heteroatoms. The lowest BCUT2D eigenvalue weighted by molar-refractivity contribution is 0.0946. The SMILES string of the molecule is CS(=O)(=O)N1CCCC1CNC(=O)c1ccc2c(c1)OCO2. The lowest BCUT2D eigenvalue weighted by Gasteiger charge is -2.22. The third-order valence-corrected chi connectivity index (χ3v) is 5.21. The standard InChI is InChI=1S/C14H18N2O5S/c1-22(18,19)16-6-2-3-11(16)8-15-14(17)10-4-5-12-13(7-10)21-9-20-12/h4-5,7,11H,2-3,6,8-9H2,1H3,(H,15,17). The molecule has 3 rings (SSSR count). The minimum atomic E-state index is -3.23. The molecule has 0 radical (unpaired) electrons. The highest BCUT2D eigenvalue weighted by Crippen LogP contribution is 2.32. The molecule has 2 heterocycles. The van der Waals surface area contributed by atoms with Gasteiger partial charge in [-0.25, -0.2) is 8.42 Å². The van der Waals surface area contributed by atoms with Crippen molar-refractivity contribution in [3.8, 4) is 11.5 Å². The summed E-state index contributed by atoms with van der Waals surface area (Å²) in [5.41, 5.74) is 0.466. The van der Waals surface area contributed by atoms with Crippen LogP contribution in [0.25, 0.3) is 0 Å². The molecule has 0 aliphatic carbocycles. The Labute approximate surface area is 129 Å². The number of amides is 1. The first-order valence-electron chi connectivity index (χ1n) is 7.10. The molecule has 1 amide bonds. The van der Waals surface area contributed by atoms with Gasteiger partial charge in [-0.2, -0.15) is 4.31 Å². The molecule has 1 aromatic rings. The van der Waals surface area contributed by atoms with Gasteiger partial charge in [-0.1, -0.05) is 0 Å². The first-order valence-corrected chi connectivity index (χ1v) is 8.94. The summed E-state index contributed by atoms with van der Waals surface area (Å²) in [6, 6.07) is 4.80. The van der Waals surface area contributed by atoms with E-state index in [2.05, 4.69) is 5.32 Å². The summed E-state index contributed by atoms with van der Waals surface area (Å²) in [5.74, 6) is 0.917. The summed E-state index contributed by atoms with van der Waals surface area (Å²) in [5, 5.41) is 2.79. The van der Waals surface area contributed by atoms with Gasteiger partial charge in [-0.05, 0) is 31.0 Å². The molecule has 1 unspecified atom stereocenters. The predicted octanol–water partition coefficient (Wildman–Crippen LogP) is 0.569. The molecule has 1 atom stereocenters. The van der Waals surface area contributed by atoms with E-state index in [0.717, 1.165) is 12.8 Å². The van der Waals surface area contributed by atoms with E-state index in [1.54, 1.807) is 18.2 Å². The van der Waals surface area contributed by atoms with Crippen LogP contribution in [0.3, 0.4) is 0 Å². The number of nitrogens with zero attached hydrogens (tertiary/aromatic N) is 1. The Bertz CT molecular complexity index is 688. The zero-order chi connectivity index (χ0) is 15.7. The molecule has 7 nitrogen and oxygen atoms in total. The molecule has 120 valence electrons. The minimum Gasteiger partial charge on any atom is -0.454 e. The van der Waals surface area contributed by atoms with Crippen LogP contribution < -0.4 is 14.8 Å². The molecule has 1 saturated heterocycles. The molecular formula is C14H18N2O5S. The largest absolute Gasteiger partial charge is 0.454 e. The lowest BCUT2D eigenvalue weighted by atomic mass is 10.1. The van der Waals surface area contributed by atoms with Crippen LogP contribution in [0.15, 0.2) is 18.2 Å². The summed E-state index contributed by atoms with van der Waals surface area (Å²) in [6.07, 6.45) is 2.77. The number of fused-ring (bicyclic) bond motifs is 1. The number of benzene rings is 1. The summed E-state index contributed by atoms with van der Waals surface area (Å²) in [7, 11) is -3.23. The van der Waals surface area contributed by atoms with Crippen molar-refractivity contribution in [1.82, 2.24) is 9.62 Å². The molecule has 0 spiro atoms. The van der Waals surface area contributed by atoms with E-state index >= 15 is 0 Å². The maximum atomic E-state index is 12.2. The van der Waals surface area contributed by atoms with E-state index in [1.165, 1.54) is 10.6 Å². The summed E-state index contributed by atoms with van der Waals surface area (Å²) in [4.78, 5) is 12.2. The van der Waals surface area contributed by atoms with Crippen molar-refractivity contribution in [2.24, 2.45) is 0 Å². The van der Waals surface area contributed by atoms with Crippen LogP contribution in [0.4, 0.5) is 0 Å². The summed E-state index contributed by atoms with van der Waals surface area (Å²) >= 11 is 0. The number of ether oxygens (including phenoxy) is 2. The minimum absolute atomic E-state index is 0.159. The van der Waals surface area contributed by atoms with Gasteiger partial charge in [0, 0.05) is 24.7 Å². The number of carbonyl (C=O) groups is 1. The molecule has 1 fully saturated rings. The Morgan fingerprint density at radius 3 is 2.91 bits per heavy atom. The van der Waals surface area contributed by atoms with E-state index in [0.29, 0.717) is 30.2 Å². The van der Waals surface area contributed by atoms with Gasteiger partial charge in [0.1, 0.15) is 0 Å². The molecule has 2 aliphatic heterocycles. The van der Waals surface area contributed by atoms with E-state index in [1.807, 2.05) is 0 Å². The second-order valence-corrected chi connectivity index (χ2v) is 7.38. The van der Waals surface area contributed by atoms with Gasteiger partial charge in [0.25, 0.3) is 5.91 Å². The predicted molar refractivity (Wildman–Crippen MR) is 79.5 cm³/mol. The van der Waals surface area contributed by atoms with E-state index in [9.17, 15) is 13.2 Å². The zero-order valence-corrected chi connectivity index (χ0v) is 13.1. The van der Waals surface area contributed by atoms with Crippen molar-refractivity contribution in [3.05, 3.63) is 23.8 Å². The van der Waals surface area contributed by atoms with Gasteiger partial charge in [-0.3, -0.25) is 4.79 Å². The molecule has 0 bridgehead atoms. The first kappa shape index (κ1) is 15.1. The van der Waals surface area contributed by atoms with E-state index in [4.69, 9.17) is 9.47 Å². The maximum Gasteiger partial charge on any atom is 0.251 e. The maximum absolute atomic E-state index is 12.2. The van der Waals surface area contributed by atoms with Crippen molar-refractivity contribution in [2.45, 2.75) is 18.9 Å². The third-order valence-electron chi connectivity index (χ3n) is 3.88. The van der Waals surface area contributed by atoms with Gasteiger partial charge in [0.05, 0.1) is 6.26 Å². The second kappa shape index (κ2) is 5.77. The fourth-order valence-electron chi connectivity index (χ4n) is 2.80. The van der Waals surface area contributed by atoms with Gasteiger partial charge in [0.15, 0.2) is 11.5 Å². The van der Waals surface area contributed by atoms with Crippen LogP contribution in [0.2, 0.25) is 0 Å². The number of nitrogens with one attached hydrogen (secondary N) is 1. The number of sulfonamides is 1. The highest BCUT2D eigenvalue weighted by atomic mass is 32.2. The fraction of sp³-hybridized carbons (Fsp3) is 0.500. The van der Waals surface area contributed by atoms with Crippen molar-refractivity contribution in [2.75, 3.05) is 26.1 Å².